The molecule has 14 heavy (non-hydrogen) atoms. The van der Waals surface area contributed by atoms with Crippen LogP contribution in [0.1, 0.15) is 17.5 Å². The van der Waals surface area contributed by atoms with E-state index in [1.54, 1.807) is 12.1 Å². The Kier molecular flexibility index (Phi) is 3.19. The summed E-state index contributed by atoms with van der Waals surface area (Å²) in [6.07, 6.45) is -0.0253. The number of hydrogen-bond acceptors (Lipinski definition) is 2. The standard InChI is InChI=1S/C10H8FNO2/c11-10-7(4-5-9(13)14)2-1-3-8(10)6-12/h1-3H,4-5H2,(H,13,14). The van der Waals surface area contributed by atoms with Crippen LogP contribution in [-0.2, 0) is 11.2 Å². The van der Waals surface area contributed by atoms with Crippen LogP contribution < -0.4 is 0 Å². The van der Waals surface area contributed by atoms with Gasteiger partial charge in [0.25, 0.3) is 0 Å². The van der Waals surface area contributed by atoms with Crippen molar-refractivity contribution < 1.29 is 14.3 Å². The maximum absolute atomic E-state index is 13.3. The maximum Gasteiger partial charge on any atom is 0.303 e. The zero-order valence-corrected chi connectivity index (χ0v) is 7.33. The molecule has 0 aliphatic heterocycles. The van der Waals surface area contributed by atoms with Crippen molar-refractivity contribution in [2.24, 2.45) is 0 Å². The van der Waals surface area contributed by atoms with Crippen LogP contribution in [0.4, 0.5) is 4.39 Å². The third-order valence-corrected chi connectivity index (χ3v) is 1.81. The van der Waals surface area contributed by atoms with E-state index in [1.807, 2.05) is 0 Å². The van der Waals surface area contributed by atoms with Gasteiger partial charge in [0.2, 0.25) is 0 Å². The molecule has 0 unspecified atom stereocenters. The van der Waals surface area contributed by atoms with Gasteiger partial charge in [0.15, 0.2) is 0 Å². The summed E-state index contributed by atoms with van der Waals surface area (Å²) in [5.74, 6) is -1.59. The van der Waals surface area contributed by atoms with Gasteiger partial charge in [-0.05, 0) is 18.1 Å². The van der Waals surface area contributed by atoms with Gasteiger partial charge in [0, 0.05) is 6.42 Å². The summed E-state index contributed by atoms with van der Waals surface area (Å²) in [7, 11) is 0. The fourth-order valence-electron chi connectivity index (χ4n) is 1.10. The number of nitrogens with zero attached hydrogens (tertiary/aromatic N) is 1. The Bertz CT molecular complexity index is 396. The van der Waals surface area contributed by atoms with Gasteiger partial charge in [-0.15, -0.1) is 0 Å². The fourth-order valence-corrected chi connectivity index (χ4v) is 1.10. The number of nitriles is 1. The number of rotatable bonds is 3. The average molecular weight is 193 g/mol. The number of carbonyl (C=O) groups is 1. The molecule has 0 heterocycles. The zero-order valence-electron chi connectivity index (χ0n) is 7.33. The summed E-state index contributed by atoms with van der Waals surface area (Å²) in [6.45, 7) is 0. The van der Waals surface area contributed by atoms with Crippen LogP contribution in [0.25, 0.3) is 0 Å². The molecule has 0 saturated carbocycles. The molecular weight excluding hydrogens is 185 g/mol. The molecule has 1 aromatic rings. The molecule has 4 heteroatoms. The number of hydrogen-bond donors (Lipinski definition) is 1. The minimum atomic E-state index is -0.980. The number of aliphatic carboxylic acids is 1. The highest BCUT2D eigenvalue weighted by molar-refractivity contribution is 5.67. The number of aryl methyl sites for hydroxylation is 1. The third kappa shape index (κ3) is 2.30. The van der Waals surface area contributed by atoms with Crippen molar-refractivity contribution >= 4 is 5.97 Å². The molecule has 3 nitrogen and oxygen atoms in total. The van der Waals surface area contributed by atoms with E-state index >= 15 is 0 Å². The lowest BCUT2D eigenvalue weighted by Gasteiger charge is -2.01. The molecule has 72 valence electrons. The minimum Gasteiger partial charge on any atom is -0.481 e. The molecule has 0 amide bonds. The first-order chi connectivity index (χ1) is 6.65. The molecule has 0 saturated heterocycles. The Morgan fingerprint density at radius 2 is 2.29 bits per heavy atom. The summed E-state index contributed by atoms with van der Waals surface area (Å²) in [5.41, 5.74) is 0.222. The second-order valence-corrected chi connectivity index (χ2v) is 2.78. The minimum absolute atomic E-state index is 0.0483. The van der Waals surface area contributed by atoms with E-state index in [0.29, 0.717) is 0 Å². The Labute approximate surface area is 80.4 Å². The van der Waals surface area contributed by atoms with Crippen molar-refractivity contribution in [3.63, 3.8) is 0 Å². The van der Waals surface area contributed by atoms with Crippen molar-refractivity contribution in [2.75, 3.05) is 0 Å². The predicted octanol–water partition coefficient (Wildman–Crippen LogP) is 1.71. The molecule has 0 fully saturated rings. The van der Waals surface area contributed by atoms with E-state index in [9.17, 15) is 9.18 Å². The third-order valence-electron chi connectivity index (χ3n) is 1.81. The first-order valence-electron chi connectivity index (χ1n) is 4.04. The smallest absolute Gasteiger partial charge is 0.303 e. The van der Waals surface area contributed by atoms with Crippen LogP contribution in [0.2, 0.25) is 0 Å². The molecule has 0 aliphatic carbocycles. The highest BCUT2D eigenvalue weighted by Gasteiger charge is 2.08. The van der Waals surface area contributed by atoms with Gasteiger partial charge in [-0.2, -0.15) is 5.26 Å². The average Bonchev–Trinajstić information content (AvgIpc) is 2.16. The van der Waals surface area contributed by atoms with Crippen LogP contribution in [-0.4, -0.2) is 11.1 Å². The molecule has 1 rings (SSSR count). The van der Waals surface area contributed by atoms with Gasteiger partial charge < -0.3 is 5.11 Å². The van der Waals surface area contributed by atoms with Crippen LogP contribution in [0.5, 0.6) is 0 Å². The Balaban J connectivity index is 2.88. The van der Waals surface area contributed by atoms with Gasteiger partial charge in [-0.1, -0.05) is 12.1 Å². The van der Waals surface area contributed by atoms with Crippen molar-refractivity contribution in [1.29, 1.82) is 5.26 Å². The number of halogens is 1. The lowest BCUT2D eigenvalue weighted by molar-refractivity contribution is -0.136. The van der Waals surface area contributed by atoms with E-state index in [2.05, 4.69) is 0 Å². The van der Waals surface area contributed by atoms with E-state index in [4.69, 9.17) is 10.4 Å². The van der Waals surface area contributed by atoms with Crippen LogP contribution in [0.15, 0.2) is 18.2 Å². The fraction of sp³-hybridized carbons (Fsp3) is 0.200. The zero-order chi connectivity index (χ0) is 10.6. The maximum atomic E-state index is 13.3. The highest BCUT2D eigenvalue weighted by atomic mass is 19.1. The molecule has 1 aromatic carbocycles. The normalized spacial score (nSPS) is 9.43. The lowest BCUT2D eigenvalue weighted by Crippen LogP contribution is -2.00. The van der Waals surface area contributed by atoms with Gasteiger partial charge in [-0.25, -0.2) is 4.39 Å². The van der Waals surface area contributed by atoms with Crippen LogP contribution in [0, 0.1) is 17.1 Å². The summed E-state index contributed by atoms with van der Waals surface area (Å²) in [5, 5.41) is 16.9. The summed E-state index contributed by atoms with van der Waals surface area (Å²) >= 11 is 0. The topological polar surface area (TPSA) is 61.1 Å². The lowest BCUT2D eigenvalue weighted by atomic mass is 10.1. The summed E-state index contributed by atoms with van der Waals surface area (Å²) < 4.78 is 13.3. The van der Waals surface area contributed by atoms with E-state index < -0.39 is 11.8 Å². The first kappa shape index (κ1) is 10.2. The highest BCUT2D eigenvalue weighted by Crippen LogP contribution is 2.13. The van der Waals surface area contributed by atoms with Gasteiger partial charge >= 0.3 is 5.97 Å². The second-order valence-electron chi connectivity index (χ2n) is 2.78. The van der Waals surface area contributed by atoms with Crippen molar-refractivity contribution in [3.8, 4) is 6.07 Å². The van der Waals surface area contributed by atoms with E-state index in [-0.39, 0.29) is 24.0 Å². The van der Waals surface area contributed by atoms with Crippen LogP contribution >= 0.6 is 0 Å². The predicted molar refractivity (Wildman–Crippen MR) is 47.1 cm³/mol. The Morgan fingerprint density at radius 3 is 2.86 bits per heavy atom. The molecule has 0 aromatic heterocycles. The molecular formula is C10H8FNO2. The number of carboxylic acid groups (broad SMARTS) is 1. The van der Waals surface area contributed by atoms with Gasteiger partial charge in [0.1, 0.15) is 11.9 Å². The molecule has 0 radical (unpaired) electrons. The summed E-state index contributed by atoms with van der Waals surface area (Å²) in [6, 6.07) is 6.09. The van der Waals surface area contributed by atoms with Crippen molar-refractivity contribution in [2.45, 2.75) is 12.8 Å². The van der Waals surface area contributed by atoms with E-state index in [0.717, 1.165) is 0 Å². The van der Waals surface area contributed by atoms with E-state index in [1.165, 1.54) is 12.1 Å². The first-order valence-corrected chi connectivity index (χ1v) is 4.04. The van der Waals surface area contributed by atoms with Crippen LogP contribution in [0.3, 0.4) is 0 Å². The summed E-state index contributed by atoms with van der Waals surface area (Å²) in [4.78, 5) is 10.3. The number of benzene rings is 1. The number of carboxylic acids is 1. The Hall–Kier alpha value is -1.89. The molecule has 0 spiro atoms. The largest absolute Gasteiger partial charge is 0.481 e. The molecule has 0 bridgehead atoms. The molecule has 1 N–H and O–H groups in total. The molecule has 0 aliphatic rings. The molecule has 0 atom stereocenters. The Morgan fingerprint density at radius 1 is 1.57 bits per heavy atom. The van der Waals surface area contributed by atoms with Crippen molar-refractivity contribution in [1.82, 2.24) is 0 Å². The quantitative estimate of drug-likeness (QED) is 0.794. The monoisotopic (exact) mass is 193 g/mol. The second kappa shape index (κ2) is 4.38. The van der Waals surface area contributed by atoms with Gasteiger partial charge in [0.05, 0.1) is 5.56 Å². The van der Waals surface area contributed by atoms with Gasteiger partial charge in [-0.3, -0.25) is 4.79 Å². The SMILES string of the molecule is N#Cc1cccc(CCC(=O)O)c1F. The van der Waals surface area contributed by atoms with Crippen molar-refractivity contribution in [3.05, 3.63) is 35.1 Å².